The van der Waals surface area contributed by atoms with Gasteiger partial charge in [0.15, 0.2) is 12.7 Å². The Morgan fingerprint density at radius 2 is 2.11 bits per heavy atom. The number of hydrogen-bond acceptors (Lipinski definition) is 6. The van der Waals surface area contributed by atoms with Crippen LogP contribution in [0.15, 0.2) is 12.2 Å². The molecular formula is C13H18O6. The highest BCUT2D eigenvalue weighted by Crippen LogP contribution is 2.26. The SMILES string of the molecule is C=C(C)C(=O)OCC(=O)OC1CCC(C)(C)OC1=O. The molecule has 19 heavy (non-hydrogen) atoms. The molecule has 1 rings (SSSR count). The van der Waals surface area contributed by atoms with Crippen LogP contribution < -0.4 is 0 Å². The Labute approximate surface area is 111 Å². The number of esters is 3. The Balaban J connectivity index is 2.39. The van der Waals surface area contributed by atoms with Crippen LogP contribution in [0.2, 0.25) is 0 Å². The van der Waals surface area contributed by atoms with Gasteiger partial charge in [0, 0.05) is 5.57 Å². The summed E-state index contributed by atoms with van der Waals surface area (Å²) < 4.78 is 14.6. The molecule has 106 valence electrons. The lowest BCUT2D eigenvalue weighted by Gasteiger charge is -2.33. The number of ether oxygens (including phenoxy) is 3. The highest BCUT2D eigenvalue weighted by Gasteiger charge is 2.37. The van der Waals surface area contributed by atoms with E-state index in [1.165, 1.54) is 6.92 Å². The third-order valence-electron chi connectivity index (χ3n) is 2.59. The van der Waals surface area contributed by atoms with Crippen molar-refractivity contribution >= 4 is 17.9 Å². The van der Waals surface area contributed by atoms with Crippen molar-refractivity contribution in [2.24, 2.45) is 0 Å². The summed E-state index contributed by atoms with van der Waals surface area (Å²) in [4.78, 5) is 34.0. The van der Waals surface area contributed by atoms with Gasteiger partial charge >= 0.3 is 17.9 Å². The van der Waals surface area contributed by atoms with Crippen LogP contribution in [0.3, 0.4) is 0 Å². The summed E-state index contributed by atoms with van der Waals surface area (Å²) in [6.45, 7) is 7.88. The van der Waals surface area contributed by atoms with Gasteiger partial charge in [-0.3, -0.25) is 0 Å². The number of rotatable bonds is 4. The Morgan fingerprint density at radius 1 is 1.47 bits per heavy atom. The molecule has 1 aliphatic rings. The summed E-state index contributed by atoms with van der Waals surface area (Å²) in [6.07, 6.45) is 0.0675. The third-order valence-corrected chi connectivity index (χ3v) is 2.59. The van der Waals surface area contributed by atoms with Gasteiger partial charge in [0.05, 0.1) is 0 Å². The minimum absolute atomic E-state index is 0.187. The average Bonchev–Trinajstić information content (AvgIpc) is 2.29. The lowest BCUT2D eigenvalue weighted by Crippen LogP contribution is -2.43. The second-order valence-corrected chi connectivity index (χ2v) is 5.05. The molecular weight excluding hydrogens is 252 g/mol. The first-order chi connectivity index (χ1) is 8.71. The number of carbonyl (C=O) groups is 3. The van der Waals surface area contributed by atoms with Crippen molar-refractivity contribution in [3.8, 4) is 0 Å². The van der Waals surface area contributed by atoms with E-state index in [4.69, 9.17) is 9.47 Å². The molecule has 0 spiro atoms. The van der Waals surface area contributed by atoms with Crippen molar-refractivity contribution in [3.05, 3.63) is 12.2 Å². The van der Waals surface area contributed by atoms with Gasteiger partial charge in [0.25, 0.3) is 0 Å². The first-order valence-corrected chi connectivity index (χ1v) is 5.96. The number of carbonyl (C=O) groups excluding carboxylic acids is 3. The fraction of sp³-hybridized carbons (Fsp3) is 0.615. The molecule has 1 fully saturated rings. The zero-order valence-electron chi connectivity index (χ0n) is 11.4. The molecule has 0 aliphatic carbocycles. The molecule has 0 aromatic rings. The van der Waals surface area contributed by atoms with E-state index in [0.29, 0.717) is 12.8 Å². The molecule has 0 bridgehead atoms. The smallest absolute Gasteiger partial charge is 0.347 e. The zero-order valence-corrected chi connectivity index (χ0v) is 11.4. The van der Waals surface area contributed by atoms with Crippen LogP contribution in [-0.4, -0.2) is 36.2 Å². The van der Waals surface area contributed by atoms with Crippen LogP contribution >= 0.6 is 0 Å². The average molecular weight is 270 g/mol. The van der Waals surface area contributed by atoms with Gasteiger partial charge in [-0.2, -0.15) is 0 Å². The minimum Gasteiger partial charge on any atom is -0.457 e. The first kappa shape index (κ1) is 15.2. The molecule has 6 nitrogen and oxygen atoms in total. The molecule has 6 heteroatoms. The van der Waals surface area contributed by atoms with Crippen LogP contribution in [0.5, 0.6) is 0 Å². The van der Waals surface area contributed by atoms with E-state index in [1.54, 1.807) is 13.8 Å². The summed E-state index contributed by atoms with van der Waals surface area (Å²) in [5, 5.41) is 0. The molecule has 1 aliphatic heterocycles. The lowest BCUT2D eigenvalue weighted by atomic mass is 9.96. The van der Waals surface area contributed by atoms with E-state index in [1.807, 2.05) is 0 Å². The van der Waals surface area contributed by atoms with Gasteiger partial charge in [-0.1, -0.05) is 6.58 Å². The largest absolute Gasteiger partial charge is 0.457 e. The predicted octanol–water partition coefficient (Wildman–Crippen LogP) is 1.13. The van der Waals surface area contributed by atoms with Gasteiger partial charge in [-0.15, -0.1) is 0 Å². The van der Waals surface area contributed by atoms with Crippen molar-refractivity contribution in [1.82, 2.24) is 0 Å². The molecule has 0 N–H and O–H groups in total. The molecule has 0 saturated carbocycles. The van der Waals surface area contributed by atoms with Gasteiger partial charge in [-0.25, -0.2) is 14.4 Å². The van der Waals surface area contributed by atoms with E-state index < -0.39 is 36.2 Å². The minimum atomic E-state index is -0.927. The normalized spacial score (nSPS) is 21.2. The summed E-state index contributed by atoms with van der Waals surface area (Å²) in [5.41, 5.74) is -0.349. The molecule has 0 amide bonds. The number of cyclic esters (lactones) is 1. The van der Waals surface area contributed by atoms with Gasteiger partial charge < -0.3 is 14.2 Å². The lowest BCUT2D eigenvalue weighted by molar-refractivity contribution is -0.188. The summed E-state index contributed by atoms with van der Waals surface area (Å²) >= 11 is 0. The number of hydrogen-bond donors (Lipinski definition) is 0. The maximum Gasteiger partial charge on any atom is 0.347 e. The van der Waals surface area contributed by atoms with Gasteiger partial charge in [-0.05, 0) is 33.6 Å². The molecule has 1 unspecified atom stereocenters. The molecule has 0 radical (unpaired) electrons. The topological polar surface area (TPSA) is 78.9 Å². The summed E-state index contributed by atoms with van der Waals surface area (Å²) in [6, 6.07) is 0. The first-order valence-electron chi connectivity index (χ1n) is 5.96. The fourth-order valence-corrected chi connectivity index (χ4v) is 1.53. The molecule has 1 atom stereocenters. The Hall–Kier alpha value is -1.85. The van der Waals surface area contributed by atoms with Crippen molar-refractivity contribution < 1.29 is 28.6 Å². The van der Waals surface area contributed by atoms with Crippen LogP contribution in [0, 0.1) is 0 Å². The predicted molar refractivity (Wildman–Crippen MR) is 65.1 cm³/mol. The third kappa shape index (κ3) is 4.73. The summed E-state index contributed by atoms with van der Waals surface area (Å²) in [7, 11) is 0. The van der Waals surface area contributed by atoms with E-state index in [-0.39, 0.29) is 5.57 Å². The molecule has 0 aromatic carbocycles. The fourth-order valence-electron chi connectivity index (χ4n) is 1.53. The van der Waals surface area contributed by atoms with E-state index in [2.05, 4.69) is 11.3 Å². The van der Waals surface area contributed by atoms with Crippen LogP contribution in [-0.2, 0) is 28.6 Å². The second kappa shape index (κ2) is 5.86. The Kier molecular flexibility index (Phi) is 4.69. The highest BCUT2D eigenvalue weighted by atomic mass is 16.6. The van der Waals surface area contributed by atoms with Crippen LogP contribution in [0.25, 0.3) is 0 Å². The quantitative estimate of drug-likeness (QED) is 0.433. The van der Waals surface area contributed by atoms with Crippen molar-refractivity contribution in [2.45, 2.75) is 45.3 Å². The molecule has 0 aromatic heterocycles. The van der Waals surface area contributed by atoms with Crippen molar-refractivity contribution in [3.63, 3.8) is 0 Å². The van der Waals surface area contributed by atoms with Crippen molar-refractivity contribution in [1.29, 1.82) is 0 Å². The van der Waals surface area contributed by atoms with E-state index in [0.717, 1.165) is 0 Å². The van der Waals surface area contributed by atoms with E-state index >= 15 is 0 Å². The maximum atomic E-state index is 11.6. The summed E-state index contributed by atoms with van der Waals surface area (Å²) in [5.74, 6) is -2.03. The highest BCUT2D eigenvalue weighted by molar-refractivity contribution is 5.89. The van der Waals surface area contributed by atoms with E-state index in [9.17, 15) is 14.4 Å². The molecule has 1 heterocycles. The Bertz CT molecular complexity index is 409. The van der Waals surface area contributed by atoms with Gasteiger partial charge in [0.1, 0.15) is 5.60 Å². The van der Waals surface area contributed by atoms with Crippen LogP contribution in [0.1, 0.15) is 33.6 Å². The zero-order chi connectivity index (χ0) is 14.6. The second-order valence-electron chi connectivity index (χ2n) is 5.05. The van der Waals surface area contributed by atoms with Crippen LogP contribution in [0.4, 0.5) is 0 Å². The monoisotopic (exact) mass is 270 g/mol. The van der Waals surface area contributed by atoms with Crippen molar-refractivity contribution in [2.75, 3.05) is 6.61 Å². The Morgan fingerprint density at radius 3 is 2.63 bits per heavy atom. The standard InChI is InChI=1S/C13H18O6/c1-8(2)11(15)17-7-10(14)18-9-5-6-13(3,4)19-12(9)16/h9H,1,5-7H2,2-4H3. The maximum absolute atomic E-state index is 11.6. The van der Waals surface area contributed by atoms with Gasteiger partial charge in [0.2, 0.25) is 0 Å². The molecule has 1 saturated heterocycles.